The molecule has 3 aromatic rings. The van der Waals surface area contributed by atoms with E-state index in [2.05, 4.69) is 5.32 Å². The monoisotopic (exact) mass is 449 g/mol. The zero-order chi connectivity index (χ0) is 22.3. The van der Waals surface area contributed by atoms with E-state index in [4.69, 9.17) is 14.2 Å². The van der Waals surface area contributed by atoms with Gasteiger partial charge in [0.05, 0.1) is 11.0 Å². The van der Waals surface area contributed by atoms with Gasteiger partial charge in [0.1, 0.15) is 0 Å². The Morgan fingerprint density at radius 1 is 0.938 bits per heavy atom. The molecule has 1 amide bonds. The number of carbonyl (C=O) groups is 2. The molecule has 0 radical (unpaired) electrons. The first-order valence-corrected chi connectivity index (χ1v) is 11.3. The Kier molecular flexibility index (Phi) is 6.97. The number of hydrogen-bond acceptors (Lipinski definition) is 6. The Morgan fingerprint density at radius 3 is 2.22 bits per heavy atom. The zero-order valence-electron chi connectivity index (χ0n) is 17.5. The number of anilines is 1. The van der Waals surface area contributed by atoms with Crippen molar-refractivity contribution in [2.45, 2.75) is 18.3 Å². The highest BCUT2D eigenvalue weighted by atomic mass is 32.2. The molecule has 1 heterocycles. The fourth-order valence-electron chi connectivity index (χ4n) is 3.29. The van der Waals surface area contributed by atoms with Gasteiger partial charge in [-0.3, -0.25) is 9.59 Å². The molecule has 0 saturated carbocycles. The number of rotatable bonds is 8. The molecule has 0 aromatic heterocycles. The van der Waals surface area contributed by atoms with Crippen LogP contribution < -0.4 is 14.8 Å². The lowest BCUT2D eigenvalue weighted by molar-refractivity contribution is -0.150. The predicted octanol–water partition coefficient (Wildman–Crippen LogP) is 4.81. The molecule has 0 aliphatic carbocycles. The Balaban J connectivity index is 1.33. The lowest BCUT2D eigenvalue weighted by Gasteiger charge is -2.18. The largest absolute Gasteiger partial charge is 0.454 e. The fourth-order valence-corrected chi connectivity index (χ4v) is 4.36. The van der Waals surface area contributed by atoms with Crippen molar-refractivity contribution in [3.05, 3.63) is 90.0 Å². The van der Waals surface area contributed by atoms with Gasteiger partial charge in [0.2, 0.25) is 6.79 Å². The summed E-state index contributed by atoms with van der Waals surface area (Å²) in [6, 6.07) is 25.1. The summed E-state index contributed by atoms with van der Waals surface area (Å²) in [6.07, 6.45) is -0.930. The Labute approximate surface area is 190 Å². The zero-order valence-corrected chi connectivity index (χ0v) is 18.3. The van der Waals surface area contributed by atoms with Gasteiger partial charge in [0.25, 0.3) is 5.91 Å². The lowest BCUT2D eigenvalue weighted by Crippen LogP contribution is -2.30. The number of thioether (sulfide) groups is 1. The molecular formula is C25H23NO5S. The number of esters is 1. The van der Waals surface area contributed by atoms with Gasteiger partial charge in [0.15, 0.2) is 17.6 Å². The van der Waals surface area contributed by atoms with E-state index in [0.717, 1.165) is 11.1 Å². The fraction of sp³-hybridized carbons (Fsp3) is 0.200. The van der Waals surface area contributed by atoms with E-state index >= 15 is 0 Å². The quantitative estimate of drug-likeness (QED) is 0.498. The van der Waals surface area contributed by atoms with Crippen LogP contribution in [0.4, 0.5) is 5.69 Å². The summed E-state index contributed by atoms with van der Waals surface area (Å²) in [6.45, 7) is 1.71. The highest BCUT2D eigenvalue weighted by molar-refractivity contribution is 8.00. The van der Waals surface area contributed by atoms with Crippen molar-refractivity contribution in [1.29, 1.82) is 0 Å². The molecule has 164 valence electrons. The Hall–Kier alpha value is -3.45. The first-order chi connectivity index (χ1) is 15.6. The number of benzene rings is 3. The second-order valence-electron chi connectivity index (χ2n) is 7.20. The predicted molar refractivity (Wildman–Crippen MR) is 124 cm³/mol. The van der Waals surface area contributed by atoms with Crippen molar-refractivity contribution in [3.63, 3.8) is 0 Å². The van der Waals surface area contributed by atoms with Crippen LogP contribution in [0.5, 0.6) is 11.5 Å². The van der Waals surface area contributed by atoms with E-state index in [1.807, 2.05) is 60.7 Å². The summed E-state index contributed by atoms with van der Waals surface area (Å²) >= 11 is 1.47. The highest BCUT2D eigenvalue weighted by Gasteiger charge is 2.22. The lowest BCUT2D eigenvalue weighted by atomic mass is 10.0. The summed E-state index contributed by atoms with van der Waals surface area (Å²) in [7, 11) is 0. The van der Waals surface area contributed by atoms with Crippen LogP contribution in [0, 0.1) is 0 Å². The first-order valence-electron chi connectivity index (χ1n) is 10.2. The molecule has 32 heavy (non-hydrogen) atoms. The van der Waals surface area contributed by atoms with Gasteiger partial charge in [-0.2, -0.15) is 0 Å². The maximum Gasteiger partial charge on any atom is 0.316 e. The third kappa shape index (κ3) is 5.42. The van der Waals surface area contributed by atoms with Gasteiger partial charge in [-0.25, -0.2) is 0 Å². The van der Waals surface area contributed by atoms with Gasteiger partial charge in [-0.05, 0) is 30.2 Å². The SMILES string of the molecule is C[C@@H](OC(=O)CSC(c1ccccc1)c1ccccc1)C(=O)Nc1ccc2c(c1)OCO2. The molecule has 1 aliphatic rings. The molecule has 0 saturated heterocycles. The van der Waals surface area contributed by atoms with Gasteiger partial charge in [0, 0.05) is 11.8 Å². The second kappa shape index (κ2) is 10.2. The van der Waals surface area contributed by atoms with E-state index in [9.17, 15) is 9.59 Å². The van der Waals surface area contributed by atoms with Crippen LogP contribution in [-0.2, 0) is 14.3 Å². The smallest absolute Gasteiger partial charge is 0.316 e. The highest BCUT2D eigenvalue weighted by Crippen LogP contribution is 2.36. The number of hydrogen-bond donors (Lipinski definition) is 1. The van der Waals surface area contributed by atoms with Gasteiger partial charge >= 0.3 is 5.97 Å². The van der Waals surface area contributed by atoms with Crippen molar-refractivity contribution >= 4 is 29.3 Å². The minimum Gasteiger partial charge on any atom is -0.454 e. The summed E-state index contributed by atoms with van der Waals surface area (Å²) in [5.41, 5.74) is 2.75. The molecule has 7 heteroatoms. The van der Waals surface area contributed by atoms with Crippen molar-refractivity contribution in [1.82, 2.24) is 0 Å². The third-order valence-corrected chi connectivity index (χ3v) is 6.17. The minimum absolute atomic E-state index is 0.0114. The van der Waals surface area contributed by atoms with Crippen LogP contribution in [0.25, 0.3) is 0 Å². The number of carbonyl (C=O) groups excluding carboxylic acids is 2. The van der Waals surface area contributed by atoms with E-state index in [0.29, 0.717) is 17.2 Å². The van der Waals surface area contributed by atoms with Crippen LogP contribution in [0.15, 0.2) is 78.9 Å². The van der Waals surface area contributed by atoms with Gasteiger partial charge in [-0.15, -0.1) is 11.8 Å². The van der Waals surface area contributed by atoms with Crippen molar-refractivity contribution in [2.75, 3.05) is 17.9 Å². The number of fused-ring (bicyclic) bond motifs is 1. The number of amides is 1. The van der Waals surface area contributed by atoms with Crippen LogP contribution in [0.1, 0.15) is 23.3 Å². The summed E-state index contributed by atoms with van der Waals surface area (Å²) in [5, 5.41) is 2.72. The van der Waals surface area contributed by atoms with Crippen molar-refractivity contribution < 1.29 is 23.8 Å². The maximum absolute atomic E-state index is 12.5. The topological polar surface area (TPSA) is 73.9 Å². The standard InChI is InChI=1S/C25H23NO5S/c1-17(25(28)26-20-12-13-21-22(14-20)30-16-29-21)31-23(27)15-32-24(18-8-4-2-5-9-18)19-10-6-3-7-11-19/h2-14,17,24H,15-16H2,1H3,(H,26,28)/t17-/m1/s1. The molecular weight excluding hydrogens is 426 g/mol. The molecule has 0 spiro atoms. The van der Waals surface area contributed by atoms with Crippen LogP contribution in [-0.4, -0.2) is 30.5 Å². The summed E-state index contributed by atoms with van der Waals surface area (Å²) in [5.74, 6) is 0.462. The Bertz CT molecular complexity index is 1030. The number of ether oxygens (including phenoxy) is 3. The van der Waals surface area contributed by atoms with Crippen LogP contribution >= 0.6 is 11.8 Å². The molecule has 0 fully saturated rings. The van der Waals surface area contributed by atoms with E-state index < -0.39 is 18.0 Å². The Morgan fingerprint density at radius 2 is 1.56 bits per heavy atom. The molecule has 1 atom stereocenters. The minimum atomic E-state index is -0.930. The maximum atomic E-state index is 12.5. The van der Waals surface area contributed by atoms with Crippen molar-refractivity contribution in [3.8, 4) is 11.5 Å². The van der Waals surface area contributed by atoms with E-state index in [-0.39, 0.29) is 17.8 Å². The third-order valence-electron chi connectivity index (χ3n) is 4.89. The van der Waals surface area contributed by atoms with Crippen LogP contribution in [0.2, 0.25) is 0 Å². The molecule has 0 unspecified atom stereocenters. The van der Waals surface area contributed by atoms with E-state index in [1.54, 1.807) is 25.1 Å². The molecule has 4 rings (SSSR count). The second-order valence-corrected chi connectivity index (χ2v) is 8.30. The average Bonchev–Trinajstić information content (AvgIpc) is 3.28. The van der Waals surface area contributed by atoms with Gasteiger partial charge in [-0.1, -0.05) is 60.7 Å². The molecule has 3 aromatic carbocycles. The van der Waals surface area contributed by atoms with Crippen molar-refractivity contribution in [2.24, 2.45) is 0 Å². The molecule has 6 nitrogen and oxygen atoms in total. The van der Waals surface area contributed by atoms with Crippen LogP contribution in [0.3, 0.4) is 0 Å². The molecule has 1 aliphatic heterocycles. The van der Waals surface area contributed by atoms with E-state index in [1.165, 1.54) is 11.8 Å². The molecule has 0 bridgehead atoms. The van der Waals surface area contributed by atoms with Gasteiger partial charge < -0.3 is 19.5 Å². The normalized spacial score (nSPS) is 12.9. The first kappa shape index (κ1) is 21.8. The average molecular weight is 450 g/mol. The summed E-state index contributed by atoms with van der Waals surface area (Å²) < 4.78 is 15.9. The molecule has 1 N–H and O–H groups in total. The number of nitrogens with one attached hydrogen (secondary N) is 1. The summed E-state index contributed by atoms with van der Waals surface area (Å²) in [4.78, 5) is 24.9.